The fourth-order valence-electron chi connectivity index (χ4n) is 3.88. The SMILES string of the molecule is COc1c(O)ccc(C=O)c1C1(COCC2(c3c(C=O)ccc(O)c3OC)CO2)CO1. The molecule has 164 valence electrons. The maximum atomic E-state index is 11.6. The van der Waals surface area contributed by atoms with E-state index in [2.05, 4.69) is 0 Å². The number of phenols is 2. The lowest BCUT2D eigenvalue weighted by Crippen LogP contribution is -2.26. The second-order valence-electron chi connectivity index (χ2n) is 7.46. The molecule has 2 aromatic carbocycles. The Morgan fingerprint density at radius 3 is 1.52 bits per heavy atom. The summed E-state index contributed by atoms with van der Waals surface area (Å²) in [4.78, 5) is 23.1. The number of hydrogen-bond acceptors (Lipinski definition) is 9. The molecular formula is C22H22O9. The van der Waals surface area contributed by atoms with E-state index >= 15 is 0 Å². The van der Waals surface area contributed by atoms with E-state index in [1.54, 1.807) is 0 Å². The molecular weight excluding hydrogens is 408 g/mol. The van der Waals surface area contributed by atoms with Crippen molar-refractivity contribution in [3.8, 4) is 23.0 Å². The summed E-state index contributed by atoms with van der Waals surface area (Å²) in [6.07, 6.45) is 1.33. The van der Waals surface area contributed by atoms with Gasteiger partial charge in [-0.15, -0.1) is 0 Å². The van der Waals surface area contributed by atoms with Gasteiger partial charge < -0.3 is 33.9 Å². The number of carbonyl (C=O) groups is 2. The van der Waals surface area contributed by atoms with Gasteiger partial charge in [-0.25, -0.2) is 0 Å². The van der Waals surface area contributed by atoms with Crippen molar-refractivity contribution >= 4 is 12.6 Å². The van der Waals surface area contributed by atoms with E-state index in [9.17, 15) is 19.8 Å². The van der Waals surface area contributed by atoms with Crippen LogP contribution in [0.25, 0.3) is 0 Å². The van der Waals surface area contributed by atoms with Crippen molar-refractivity contribution in [3.05, 3.63) is 46.5 Å². The third-order valence-electron chi connectivity index (χ3n) is 5.57. The number of aromatic hydroxyl groups is 2. The lowest BCUT2D eigenvalue weighted by atomic mass is 9.93. The molecule has 2 atom stereocenters. The zero-order valence-electron chi connectivity index (χ0n) is 17.0. The third kappa shape index (κ3) is 3.50. The van der Waals surface area contributed by atoms with Gasteiger partial charge in [0.1, 0.15) is 11.2 Å². The van der Waals surface area contributed by atoms with E-state index in [0.29, 0.717) is 34.8 Å². The second kappa shape index (κ2) is 7.84. The van der Waals surface area contributed by atoms with Crippen LogP contribution in [0.2, 0.25) is 0 Å². The van der Waals surface area contributed by atoms with Crippen LogP contribution in [0.15, 0.2) is 24.3 Å². The van der Waals surface area contributed by atoms with Crippen molar-refractivity contribution < 1.29 is 43.5 Å². The average molecular weight is 430 g/mol. The number of methoxy groups -OCH3 is 2. The fourth-order valence-corrected chi connectivity index (χ4v) is 3.88. The molecule has 2 fully saturated rings. The summed E-state index contributed by atoms with van der Waals surface area (Å²) in [5.41, 5.74) is -0.421. The van der Waals surface area contributed by atoms with Crippen LogP contribution in [0.1, 0.15) is 31.8 Å². The normalized spacial score (nSPS) is 23.8. The summed E-state index contributed by atoms with van der Waals surface area (Å²) in [6.45, 7) is 0.653. The Bertz CT molecular complexity index is 941. The number of aldehydes is 2. The molecule has 0 spiro atoms. The molecule has 0 amide bonds. The number of epoxide rings is 2. The smallest absolute Gasteiger partial charge is 0.167 e. The first kappa shape index (κ1) is 21.1. The topological polar surface area (TPSA) is 127 Å². The quantitative estimate of drug-likeness (QED) is 0.429. The predicted molar refractivity (Wildman–Crippen MR) is 106 cm³/mol. The molecule has 0 saturated carbocycles. The number of hydrogen-bond donors (Lipinski definition) is 2. The molecule has 0 aromatic heterocycles. The first-order chi connectivity index (χ1) is 14.9. The Kier molecular flexibility index (Phi) is 5.34. The third-order valence-corrected chi connectivity index (χ3v) is 5.57. The molecule has 2 saturated heterocycles. The summed E-state index contributed by atoms with van der Waals surface area (Å²) in [7, 11) is 2.79. The number of rotatable bonds is 10. The summed E-state index contributed by atoms with van der Waals surface area (Å²) in [6, 6.07) is 5.74. The van der Waals surface area contributed by atoms with Crippen LogP contribution in [0, 0.1) is 0 Å². The number of phenolic OH excluding ortho intramolecular Hbond substituents is 2. The van der Waals surface area contributed by atoms with Gasteiger partial charge in [-0.3, -0.25) is 9.59 Å². The first-order valence-electron chi connectivity index (χ1n) is 9.52. The Hall–Kier alpha value is -3.14. The molecule has 2 aliphatic rings. The van der Waals surface area contributed by atoms with Crippen molar-refractivity contribution in [2.45, 2.75) is 11.2 Å². The zero-order valence-corrected chi connectivity index (χ0v) is 17.0. The Labute approximate surface area is 178 Å². The molecule has 9 heteroatoms. The molecule has 0 radical (unpaired) electrons. The van der Waals surface area contributed by atoms with Crippen molar-refractivity contribution in [3.63, 3.8) is 0 Å². The van der Waals surface area contributed by atoms with Gasteiger partial charge in [-0.05, 0) is 24.3 Å². The molecule has 2 aliphatic heterocycles. The summed E-state index contributed by atoms with van der Waals surface area (Å²) in [5.74, 6) is 0.0853. The van der Waals surface area contributed by atoms with Crippen molar-refractivity contribution in [2.75, 3.05) is 40.6 Å². The van der Waals surface area contributed by atoms with E-state index < -0.39 is 11.2 Å². The Balaban J connectivity index is 1.58. The van der Waals surface area contributed by atoms with Crippen molar-refractivity contribution in [1.82, 2.24) is 0 Å². The number of carbonyl (C=O) groups excluding carboxylic acids is 2. The lowest BCUT2D eigenvalue weighted by Gasteiger charge is -2.22. The lowest BCUT2D eigenvalue weighted by molar-refractivity contribution is 0.0384. The monoisotopic (exact) mass is 430 g/mol. The highest BCUT2D eigenvalue weighted by atomic mass is 16.6. The van der Waals surface area contributed by atoms with Crippen LogP contribution in [0.5, 0.6) is 23.0 Å². The van der Waals surface area contributed by atoms with Gasteiger partial charge in [-0.1, -0.05) is 0 Å². The van der Waals surface area contributed by atoms with Gasteiger partial charge in [-0.2, -0.15) is 0 Å². The summed E-state index contributed by atoms with van der Waals surface area (Å²) >= 11 is 0. The predicted octanol–water partition coefficient (Wildman–Crippen LogP) is 1.91. The van der Waals surface area contributed by atoms with Crippen molar-refractivity contribution in [1.29, 1.82) is 0 Å². The van der Waals surface area contributed by atoms with Gasteiger partial charge >= 0.3 is 0 Å². The van der Waals surface area contributed by atoms with Gasteiger partial charge in [0.2, 0.25) is 0 Å². The number of benzene rings is 2. The van der Waals surface area contributed by atoms with Crippen LogP contribution >= 0.6 is 0 Å². The minimum Gasteiger partial charge on any atom is -0.504 e. The molecule has 2 aromatic rings. The molecule has 9 nitrogen and oxygen atoms in total. The molecule has 0 aliphatic carbocycles. The minimum absolute atomic E-state index is 0.0519. The average Bonchev–Trinajstić information content (AvgIpc) is 3.70. The van der Waals surface area contributed by atoms with E-state index in [0.717, 1.165) is 0 Å². The van der Waals surface area contributed by atoms with E-state index in [-0.39, 0.29) is 49.4 Å². The van der Waals surface area contributed by atoms with E-state index in [1.807, 2.05) is 0 Å². The van der Waals surface area contributed by atoms with Crippen LogP contribution in [0.4, 0.5) is 0 Å². The van der Waals surface area contributed by atoms with Crippen LogP contribution in [0.3, 0.4) is 0 Å². The standard InChI is InChI=1S/C22H22O9/c1-27-19-15(25)5-3-13(7-23)17(19)21(11-30-21)9-29-10-22(12-31-22)18-14(8-24)4-6-16(26)20(18)28-2/h3-8,25-26H,9-12H2,1-2H3. The van der Waals surface area contributed by atoms with Crippen LogP contribution in [-0.2, 0) is 25.4 Å². The highest BCUT2D eigenvalue weighted by Gasteiger charge is 2.54. The van der Waals surface area contributed by atoms with Crippen LogP contribution in [-0.4, -0.2) is 63.4 Å². The van der Waals surface area contributed by atoms with Gasteiger partial charge in [0.25, 0.3) is 0 Å². The highest BCUT2D eigenvalue weighted by Crippen LogP contribution is 2.50. The zero-order chi connectivity index (χ0) is 22.2. The van der Waals surface area contributed by atoms with Crippen molar-refractivity contribution in [2.24, 2.45) is 0 Å². The Morgan fingerprint density at radius 1 is 0.839 bits per heavy atom. The largest absolute Gasteiger partial charge is 0.504 e. The van der Waals surface area contributed by atoms with E-state index in [1.165, 1.54) is 38.5 Å². The van der Waals surface area contributed by atoms with Crippen LogP contribution < -0.4 is 9.47 Å². The summed E-state index contributed by atoms with van der Waals surface area (Å²) < 4.78 is 27.8. The fraction of sp³-hybridized carbons (Fsp3) is 0.364. The van der Waals surface area contributed by atoms with Gasteiger partial charge in [0, 0.05) is 22.3 Å². The van der Waals surface area contributed by atoms with Gasteiger partial charge in [0.15, 0.2) is 35.6 Å². The molecule has 2 heterocycles. The molecule has 2 N–H and O–H groups in total. The molecule has 4 rings (SSSR count). The van der Waals surface area contributed by atoms with Gasteiger partial charge in [0.05, 0.1) is 40.6 Å². The molecule has 31 heavy (non-hydrogen) atoms. The maximum absolute atomic E-state index is 11.6. The molecule has 2 unspecified atom stereocenters. The molecule has 0 bridgehead atoms. The Morgan fingerprint density at radius 2 is 1.23 bits per heavy atom. The summed E-state index contributed by atoms with van der Waals surface area (Å²) in [5, 5.41) is 20.3. The second-order valence-corrected chi connectivity index (χ2v) is 7.46. The minimum atomic E-state index is -0.952. The first-order valence-corrected chi connectivity index (χ1v) is 9.52. The van der Waals surface area contributed by atoms with E-state index in [4.69, 9.17) is 23.7 Å². The maximum Gasteiger partial charge on any atom is 0.167 e. The number of ether oxygens (including phenoxy) is 5. The highest BCUT2D eigenvalue weighted by molar-refractivity contribution is 5.82.